The number of hydrogen-bond acceptors (Lipinski definition) is 10. The van der Waals surface area contributed by atoms with Crippen LogP contribution >= 0.6 is 0 Å². The molecule has 11 heteroatoms. The third-order valence-corrected chi connectivity index (χ3v) is 20.7. The highest BCUT2D eigenvalue weighted by Crippen LogP contribution is 2.24. The predicted molar refractivity (Wildman–Crippen MR) is 417 cm³/mol. The fraction of sp³-hybridized carbons (Fsp3) is 0.908. The number of amides is 1. The van der Waals surface area contributed by atoms with Gasteiger partial charge in [-0.05, 0) is 83.5 Å². The Kier molecular flexibility index (Phi) is 72.8. The van der Waals surface area contributed by atoms with E-state index in [2.05, 4.69) is 43.5 Å². The van der Waals surface area contributed by atoms with Crippen molar-refractivity contribution in [2.24, 2.45) is 0 Å². The number of unbranched alkanes of at least 4 members (excludes halogenated alkanes) is 60. The van der Waals surface area contributed by atoms with Crippen molar-refractivity contribution in [2.45, 2.75) is 487 Å². The van der Waals surface area contributed by atoms with Crippen LogP contribution in [0.1, 0.15) is 444 Å². The first-order chi connectivity index (χ1) is 48.2. The molecule has 1 rings (SSSR count). The number of carbonyl (C=O) groups is 2. The lowest BCUT2D eigenvalue weighted by Crippen LogP contribution is -2.60. The molecular weight excluding hydrogens is 1220 g/mol. The molecule has 0 spiro atoms. The molecule has 6 N–H and O–H groups in total. The van der Waals surface area contributed by atoms with Crippen molar-refractivity contribution in [2.75, 3.05) is 19.8 Å². The van der Waals surface area contributed by atoms with Gasteiger partial charge in [-0.3, -0.25) is 9.59 Å². The number of nitrogens with one attached hydrogen (secondary N) is 1. The Balaban J connectivity index is 1.86. The second-order valence-electron chi connectivity index (χ2n) is 30.2. The van der Waals surface area contributed by atoms with Gasteiger partial charge in [0, 0.05) is 12.8 Å². The van der Waals surface area contributed by atoms with Crippen molar-refractivity contribution >= 4 is 11.9 Å². The van der Waals surface area contributed by atoms with E-state index in [1.54, 1.807) is 6.08 Å². The van der Waals surface area contributed by atoms with E-state index in [-0.39, 0.29) is 18.5 Å². The highest BCUT2D eigenvalue weighted by Gasteiger charge is 2.44. The molecule has 7 atom stereocenters. The maximum atomic E-state index is 13.1. The monoisotopic (exact) mass is 1380 g/mol. The lowest BCUT2D eigenvalue weighted by Gasteiger charge is -2.40. The van der Waals surface area contributed by atoms with E-state index in [0.717, 1.165) is 57.8 Å². The number of esters is 1. The summed E-state index contributed by atoms with van der Waals surface area (Å²) < 4.78 is 16.8. The summed E-state index contributed by atoms with van der Waals surface area (Å²) in [4.78, 5) is 25.2. The zero-order valence-electron chi connectivity index (χ0n) is 64.8. The van der Waals surface area contributed by atoms with Gasteiger partial charge in [0.15, 0.2) is 6.29 Å². The maximum Gasteiger partial charge on any atom is 0.305 e. The van der Waals surface area contributed by atoms with Gasteiger partial charge in [-0.2, -0.15) is 0 Å². The van der Waals surface area contributed by atoms with Crippen LogP contribution in [-0.2, 0) is 23.8 Å². The van der Waals surface area contributed by atoms with Crippen molar-refractivity contribution in [3.05, 3.63) is 36.5 Å². The first-order valence-electron chi connectivity index (χ1n) is 43.3. The molecule has 0 bridgehead atoms. The summed E-state index contributed by atoms with van der Waals surface area (Å²) >= 11 is 0. The fourth-order valence-corrected chi connectivity index (χ4v) is 14.0. The third-order valence-electron chi connectivity index (χ3n) is 20.7. The summed E-state index contributed by atoms with van der Waals surface area (Å²) in [6.45, 7) is 4.40. The van der Waals surface area contributed by atoms with Gasteiger partial charge >= 0.3 is 5.97 Å². The summed E-state index contributed by atoms with van der Waals surface area (Å²) in [6.07, 6.45) is 90.6. The van der Waals surface area contributed by atoms with Crippen LogP contribution < -0.4 is 5.32 Å². The van der Waals surface area contributed by atoms with Crippen molar-refractivity contribution in [1.29, 1.82) is 0 Å². The van der Waals surface area contributed by atoms with Crippen molar-refractivity contribution < 1.29 is 49.3 Å². The standard InChI is InChI=1S/C87H165NO10/c1-3-5-7-9-11-13-15-17-18-19-44-47-51-55-59-63-67-71-75-83(92)96-76-72-68-64-60-56-52-48-45-42-40-38-36-34-32-30-28-26-24-22-20-21-23-25-27-29-31-33-35-37-39-41-43-46-50-54-58-62-66-70-74-82(91)88-79(78-97-87-86(95)85(94)84(93)81(77-89)98-87)80(90)73-69-65-61-57-53-49-16-14-12-10-8-6-4-2/h18-21,69,73,79-81,84-87,89-90,93-95H,3-17,22-68,70-72,74-78H2,1-2H3,(H,88,91)/b19-18-,21-20-,73-69+. The molecule has 7 unspecified atom stereocenters. The largest absolute Gasteiger partial charge is 0.466 e. The van der Waals surface area contributed by atoms with E-state index < -0.39 is 49.5 Å². The molecule has 1 aliphatic heterocycles. The number of carbonyl (C=O) groups excluding carboxylic acids is 2. The quantitative estimate of drug-likeness (QED) is 0.0195. The second kappa shape index (κ2) is 76.0. The van der Waals surface area contributed by atoms with Crippen LogP contribution in [0.15, 0.2) is 36.5 Å². The fourth-order valence-electron chi connectivity index (χ4n) is 14.0. The van der Waals surface area contributed by atoms with Crippen molar-refractivity contribution in [3.63, 3.8) is 0 Å². The normalized spacial score (nSPS) is 17.3. The molecule has 0 radical (unpaired) electrons. The lowest BCUT2D eigenvalue weighted by atomic mass is 9.99. The molecular formula is C87H165NO10. The number of aliphatic hydroxyl groups excluding tert-OH is 5. The molecule has 11 nitrogen and oxygen atoms in total. The van der Waals surface area contributed by atoms with Crippen molar-refractivity contribution in [1.82, 2.24) is 5.32 Å². The third kappa shape index (κ3) is 63.6. The lowest BCUT2D eigenvalue weighted by molar-refractivity contribution is -0.302. The average Bonchev–Trinajstić information content (AvgIpc) is 0.825. The summed E-state index contributed by atoms with van der Waals surface area (Å²) in [5, 5.41) is 54.6. The van der Waals surface area contributed by atoms with Gasteiger partial charge in [0.1, 0.15) is 24.4 Å². The number of rotatable bonds is 78. The Bertz CT molecular complexity index is 1720. The highest BCUT2D eigenvalue weighted by atomic mass is 16.7. The number of allylic oxidation sites excluding steroid dienone is 5. The summed E-state index contributed by atoms with van der Waals surface area (Å²) in [5.74, 6) is -0.160. The Morgan fingerprint density at radius 1 is 0.367 bits per heavy atom. The van der Waals surface area contributed by atoms with Crippen LogP contribution in [-0.4, -0.2) is 100 Å². The molecule has 1 aliphatic rings. The molecule has 1 heterocycles. The minimum Gasteiger partial charge on any atom is -0.466 e. The first kappa shape index (κ1) is 93.9. The molecule has 1 saturated heterocycles. The minimum absolute atomic E-state index is 0.0148. The Labute approximate surface area is 606 Å². The molecule has 1 fully saturated rings. The zero-order chi connectivity index (χ0) is 70.8. The number of aliphatic hydroxyl groups is 5. The predicted octanol–water partition coefficient (Wildman–Crippen LogP) is 24.0. The van der Waals surface area contributed by atoms with E-state index in [1.165, 1.54) is 360 Å². The van der Waals surface area contributed by atoms with Gasteiger partial charge in [0.25, 0.3) is 0 Å². The van der Waals surface area contributed by atoms with E-state index in [9.17, 15) is 35.1 Å². The average molecular weight is 1390 g/mol. The number of hydrogen-bond donors (Lipinski definition) is 6. The molecule has 0 aromatic rings. The minimum atomic E-state index is -1.57. The topological polar surface area (TPSA) is 175 Å². The molecule has 578 valence electrons. The van der Waals surface area contributed by atoms with E-state index in [4.69, 9.17) is 14.2 Å². The summed E-state index contributed by atoms with van der Waals surface area (Å²) in [5.41, 5.74) is 0. The zero-order valence-corrected chi connectivity index (χ0v) is 64.8. The molecule has 0 aliphatic carbocycles. The summed E-state index contributed by atoms with van der Waals surface area (Å²) in [6, 6.07) is -0.807. The van der Waals surface area contributed by atoms with Gasteiger partial charge < -0.3 is 45.1 Å². The SMILES string of the molecule is CCCCCCCCC/C=C\CCCCCCCCCC(=O)OCCCCCCCCCCCCCCCCCCCC/C=C\CCCCCCCCCCCCCCCCCCCC(=O)NC(COC1OC(CO)C(O)C(O)C1O)C(O)/C=C/CCCCCCCCCCCCC. The van der Waals surface area contributed by atoms with Crippen LogP contribution in [0.5, 0.6) is 0 Å². The maximum absolute atomic E-state index is 13.1. The van der Waals surface area contributed by atoms with Gasteiger partial charge in [-0.15, -0.1) is 0 Å². The van der Waals surface area contributed by atoms with Crippen molar-refractivity contribution in [3.8, 4) is 0 Å². The van der Waals surface area contributed by atoms with Crippen LogP contribution in [0, 0.1) is 0 Å². The van der Waals surface area contributed by atoms with Crippen LogP contribution in [0.4, 0.5) is 0 Å². The van der Waals surface area contributed by atoms with E-state index >= 15 is 0 Å². The van der Waals surface area contributed by atoms with E-state index in [0.29, 0.717) is 19.4 Å². The van der Waals surface area contributed by atoms with Crippen LogP contribution in [0.3, 0.4) is 0 Å². The second-order valence-corrected chi connectivity index (χ2v) is 30.2. The highest BCUT2D eigenvalue weighted by molar-refractivity contribution is 5.76. The summed E-state index contributed by atoms with van der Waals surface area (Å²) in [7, 11) is 0. The smallest absolute Gasteiger partial charge is 0.305 e. The van der Waals surface area contributed by atoms with Crippen LogP contribution in [0.25, 0.3) is 0 Å². The molecule has 0 aromatic carbocycles. The molecule has 1 amide bonds. The first-order valence-corrected chi connectivity index (χ1v) is 43.3. The van der Waals surface area contributed by atoms with Crippen LogP contribution in [0.2, 0.25) is 0 Å². The molecule has 0 saturated carbocycles. The Morgan fingerprint density at radius 3 is 0.980 bits per heavy atom. The van der Waals surface area contributed by atoms with Gasteiger partial charge in [0.2, 0.25) is 5.91 Å². The molecule has 98 heavy (non-hydrogen) atoms. The Hall–Kier alpha value is -2.12. The van der Waals surface area contributed by atoms with Gasteiger partial charge in [-0.25, -0.2) is 0 Å². The van der Waals surface area contributed by atoms with Gasteiger partial charge in [0.05, 0.1) is 32.0 Å². The number of ether oxygens (including phenoxy) is 3. The Morgan fingerprint density at radius 2 is 0.653 bits per heavy atom. The van der Waals surface area contributed by atoms with Gasteiger partial charge in [-0.1, -0.05) is 384 Å². The molecule has 0 aromatic heterocycles. The van der Waals surface area contributed by atoms with E-state index in [1.807, 2.05) is 6.08 Å².